The Labute approximate surface area is 119 Å². The summed E-state index contributed by atoms with van der Waals surface area (Å²) < 4.78 is 0. The molecule has 0 bridgehead atoms. The second kappa shape index (κ2) is 6.19. The van der Waals surface area contributed by atoms with Crippen molar-refractivity contribution in [2.45, 2.75) is 26.7 Å². The summed E-state index contributed by atoms with van der Waals surface area (Å²) >= 11 is 0. The molecule has 0 saturated heterocycles. The first-order chi connectivity index (χ1) is 9.54. The number of anilines is 2. The maximum Gasteiger partial charge on any atom is 0.224 e. The van der Waals surface area contributed by atoms with Crippen LogP contribution < -0.4 is 11.1 Å². The van der Waals surface area contributed by atoms with Crippen molar-refractivity contribution < 1.29 is 4.79 Å². The second-order valence-electron chi connectivity index (χ2n) is 4.88. The van der Waals surface area contributed by atoms with E-state index in [1.807, 2.05) is 50.2 Å². The number of nitrogens with two attached hydrogens (primary N) is 1. The van der Waals surface area contributed by atoms with Gasteiger partial charge in [-0.25, -0.2) is 0 Å². The van der Waals surface area contributed by atoms with E-state index in [0.717, 1.165) is 28.3 Å². The predicted molar refractivity (Wildman–Crippen MR) is 81.5 cm³/mol. The largest absolute Gasteiger partial charge is 0.399 e. The first-order valence-electron chi connectivity index (χ1n) is 6.63. The highest BCUT2D eigenvalue weighted by Crippen LogP contribution is 2.14. The molecule has 2 aromatic rings. The minimum Gasteiger partial charge on any atom is -0.399 e. The first-order valence-corrected chi connectivity index (χ1v) is 6.63. The summed E-state index contributed by atoms with van der Waals surface area (Å²) in [4.78, 5) is 16.3. The van der Waals surface area contributed by atoms with E-state index < -0.39 is 0 Å². The van der Waals surface area contributed by atoms with Gasteiger partial charge in [0, 0.05) is 17.8 Å². The summed E-state index contributed by atoms with van der Waals surface area (Å²) in [6, 6.07) is 11.4. The summed E-state index contributed by atoms with van der Waals surface area (Å²) in [6.07, 6.45) is 1.10. The molecule has 0 radical (unpaired) electrons. The van der Waals surface area contributed by atoms with Crippen molar-refractivity contribution >= 4 is 17.3 Å². The molecule has 4 nitrogen and oxygen atoms in total. The van der Waals surface area contributed by atoms with Gasteiger partial charge in [0.2, 0.25) is 5.91 Å². The fourth-order valence-electron chi connectivity index (χ4n) is 2.04. The minimum atomic E-state index is -0.0128. The SMILES string of the molecule is Cc1ccc(NC(=O)CCc2cccc(N)c2)c(C)n1. The zero-order valence-corrected chi connectivity index (χ0v) is 11.8. The summed E-state index contributed by atoms with van der Waals surface area (Å²) in [5, 5.41) is 2.89. The molecular weight excluding hydrogens is 250 g/mol. The Hall–Kier alpha value is -2.36. The molecule has 0 aliphatic heterocycles. The Morgan fingerprint density at radius 2 is 2.05 bits per heavy atom. The number of hydrogen-bond acceptors (Lipinski definition) is 3. The number of aryl methyl sites for hydroxylation is 3. The molecule has 0 unspecified atom stereocenters. The number of carbonyl (C=O) groups excluding carboxylic acids is 1. The zero-order valence-electron chi connectivity index (χ0n) is 11.8. The van der Waals surface area contributed by atoms with Crippen LogP contribution in [0.25, 0.3) is 0 Å². The summed E-state index contributed by atoms with van der Waals surface area (Å²) in [7, 11) is 0. The van der Waals surface area contributed by atoms with Crippen LogP contribution in [-0.2, 0) is 11.2 Å². The van der Waals surface area contributed by atoms with Gasteiger partial charge in [-0.15, -0.1) is 0 Å². The second-order valence-corrected chi connectivity index (χ2v) is 4.88. The van der Waals surface area contributed by atoms with Gasteiger partial charge >= 0.3 is 0 Å². The number of nitrogens with zero attached hydrogens (tertiary/aromatic N) is 1. The third-order valence-electron chi connectivity index (χ3n) is 3.09. The molecule has 0 fully saturated rings. The Bertz CT molecular complexity index is 623. The van der Waals surface area contributed by atoms with Gasteiger partial charge in [0.15, 0.2) is 0 Å². The minimum absolute atomic E-state index is 0.0128. The maximum absolute atomic E-state index is 11.9. The molecule has 0 aliphatic carbocycles. The molecule has 20 heavy (non-hydrogen) atoms. The van der Waals surface area contributed by atoms with Gasteiger partial charge in [-0.05, 0) is 50.1 Å². The number of rotatable bonds is 4. The highest BCUT2D eigenvalue weighted by Gasteiger charge is 2.06. The molecule has 1 aromatic carbocycles. The van der Waals surface area contributed by atoms with Crippen LogP contribution >= 0.6 is 0 Å². The summed E-state index contributed by atoms with van der Waals surface area (Å²) in [5.41, 5.74) is 10.1. The van der Waals surface area contributed by atoms with Crippen LogP contribution in [0.3, 0.4) is 0 Å². The number of carbonyl (C=O) groups is 1. The van der Waals surface area contributed by atoms with Gasteiger partial charge in [0.25, 0.3) is 0 Å². The lowest BCUT2D eigenvalue weighted by molar-refractivity contribution is -0.116. The van der Waals surface area contributed by atoms with Crippen molar-refractivity contribution in [3.8, 4) is 0 Å². The number of benzene rings is 1. The molecule has 3 N–H and O–H groups in total. The fourth-order valence-corrected chi connectivity index (χ4v) is 2.04. The number of pyridine rings is 1. The zero-order chi connectivity index (χ0) is 14.5. The van der Waals surface area contributed by atoms with Gasteiger partial charge in [0.1, 0.15) is 0 Å². The average Bonchev–Trinajstić information content (AvgIpc) is 2.40. The Morgan fingerprint density at radius 1 is 1.25 bits per heavy atom. The van der Waals surface area contributed by atoms with Crippen molar-refractivity contribution in [2.24, 2.45) is 0 Å². The number of nitrogen functional groups attached to an aromatic ring is 1. The lowest BCUT2D eigenvalue weighted by atomic mass is 10.1. The predicted octanol–water partition coefficient (Wildman–Crippen LogP) is 2.85. The van der Waals surface area contributed by atoms with E-state index in [-0.39, 0.29) is 5.91 Å². The molecule has 104 valence electrons. The van der Waals surface area contributed by atoms with Gasteiger partial charge in [-0.1, -0.05) is 12.1 Å². The highest BCUT2D eigenvalue weighted by atomic mass is 16.1. The highest BCUT2D eigenvalue weighted by molar-refractivity contribution is 5.91. The smallest absolute Gasteiger partial charge is 0.224 e. The topological polar surface area (TPSA) is 68.0 Å². The van der Waals surface area contributed by atoms with Crippen LogP contribution in [0.2, 0.25) is 0 Å². The normalized spacial score (nSPS) is 10.3. The number of hydrogen-bond donors (Lipinski definition) is 2. The van der Waals surface area contributed by atoms with Crippen LogP contribution in [0.5, 0.6) is 0 Å². The molecule has 0 saturated carbocycles. The van der Waals surface area contributed by atoms with E-state index in [1.54, 1.807) is 0 Å². The van der Waals surface area contributed by atoms with Crippen LogP contribution in [-0.4, -0.2) is 10.9 Å². The fraction of sp³-hybridized carbons (Fsp3) is 0.250. The molecule has 4 heteroatoms. The van der Waals surface area contributed by atoms with Crippen LogP contribution in [0.1, 0.15) is 23.4 Å². The third-order valence-corrected chi connectivity index (χ3v) is 3.09. The summed E-state index contributed by atoms with van der Waals surface area (Å²) in [5.74, 6) is -0.0128. The van der Waals surface area contributed by atoms with E-state index in [0.29, 0.717) is 12.8 Å². The molecule has 0 aliphatic rings. The van der Waals surface area contributed by atoms with E-state index in [2.05, 4.69) is 10.3 Å². The lowest BCUT2D eigenvalue weighted by Gasteiger charge is -2.08. The quantitative estimate of drug-likeness (QED) is 0.839. The third kappa shape index (κ3) is 3.82. The van der Waals surface area contributed by atoms with Crippen molar-refractivity contribution in [2.75, 3.05) is 11.1 Å². The van der Waals surface area contributed by atoms with Crippen LogP contribution in [0, 0.1) is 13.8 Å². The first kappa shape index (κ1) is 14.1. The average molecular weight is 269 g/mol. The molecule has 2 rings (SSSR count). The van der Waals surface area contributed by atoms with Crippen LogP contribution in [0.4, 0.5) is 11.4 Å². The van der Waals surface area contributed by atoms with Crippen molar-refractivity contribution in [1.82, 2.24) is 4.98 Å². The molecule has 1 heterocycles. The summed E-state index contributed by atoms with van der Waals surface area (Å²) in [6.45, 7) is 3.82. The molecule has 0 spiro atoms. The van der Waals surface area contributed by atoms with E-state index >= 15 is 0 Å². The molecule has 0 atom stereocenters. The number of amides is 1. The van der Waals surface area contributed by atoms with Crippen LogP contribution in [0.15, 0.2) is 36.4 Å². The number of nitrogens with one attached hydrogen (secondary N) is 1. The van der Waals surface area contributed by atoms with Crippen molar-refractivity contribution in [1.29, 1.82) is 0 Å². The molecular formula is C16H19N3O. The molecule has 1 aromatic heterocycles. The number of aromatic nitrogens is 1. The Kier molecular flexibility index (Phi) is 4.35. The maximum atomic E-state index is 11.9. The Balaban J connectivity index is 1.92. The van der Waals surface area contributed by atoms with Gasteiger partial charge in [0.05, 0.1) is 11.4 Å². The monoisotopic (exact) mass is 269 g/mol. The van der Waals surface area contributed by atoms with Gasteiger partial charge in [-0.3, -0.25) is 9.78 Å². The van der Waals surface area contributed by atoms with Crippen molar-refractivity contribution in [3.63, 3.8) is 0 Å². The van der Waals surface area contributed by atoms with Gasteiger partial charge in [-0.2, -0.15) is 0 Å². The lowest BCUT2D eigenvalue weighted by Crippen LogP contribution is -2.13. The van der Waals surface area contributed by atoms with E-state index in [1.165, 1.54) is 0 Å². The van der Waals surface area contributed by atoms with Gasteiger partial charge < -0.3 is 11.1 Å². The van der Waals surface area contributed by atoms with E-state index in [4.69, 9.17) is 5.73 Å². The van der Waals surface area contributed by atoms with E-state index in [9.17, 15) is 4.79 Å². The Morgan fingerprint density at radius 3 is 2.75 bits per heavy atom. The standard InChI is InChI=1S/C16H19N3O/c1-11-6-8-15(12(2)18-11)19-16(20)9-7-13-4-3-5-14(17)10-13/h3-6,8,10H,7,9,17H2,1-2H3,(H,19,20). The van der Waals surface area contributed by atoms with Crippen molar-refractivity contribution in [3.05, 3.63) is 53.3 Å². The molecule has 1 amide bonds.